The van der Waals surface area contributed by atoms with Crippen molar-refractivity contribution in [3.05, 3.63) is 199 Å². The monoisotopic (exact) mass is 948 g/mol. The first kappa shape index (κ1) is 33.0. The van der Waals surface area contributed by atoms with Gasteiger partial charge in [-0.2, -0.15) is 0 Å². The fourth-order valence-electron chi connectivity index (χ4n) is 7.45. The Labute approximate surface area is 361 Å². The molecule has 0 aliphatic heterocycles. The van der Waals surface area contributed by atoms with E-state index in [1.807, 2.05) is 54.7 Å². The molecule has 3 nitrogen and oxygen atoms in total. The van der Waals surface area contributed by atoms with Crippen LogP contribution >= 0.6 is 0 Å². The summed E-state index contributed by atoms with van der Waals surface area (Å²) in [5.41, 5.74) is 8.32. The standard InChI is InChI=1S/C32H20NO.C21H22NSi.Ir/c1-2-7-21(8-3-1)19-22-17-18-33-30(20-22)29-12-6-11-26-28-16-15-25-24-10-5-4-9-23(24)13-14-27(25)31(28)34-32(26)29;1-16-10-12-18(13-11-16)20-14-19(17-8-6-5-7-9-17)21(15-22-20)23(2,3)4;/h1-11,13-18,20H,19H2;5-12,14-15H,1-4H3;/q2*-1;/i19D2;1D3;. The molecular formula is C53H42IrN2OSi-2. The Morgan fingerprint density at radius 3 is 2.14 bits per heavy atom. The van der Waals surface area contributed by atoms with Gasteiger partial charge in [0.15, 0.2) is 0 Å². The van der Waals surface area contributed by atoms with Crippen molar-refractivity contribution in [1.29, 1.82) is 0 Å². The maximum Gasteiger partial charge on any atom is 0.128 e. The Balaban J connectivity index is 0.000000180. The summed E-state index contributed by atoms with van der Waals surface area (Å²) < 4.78 is 46.6. The average Bonchev–Trinajstić information content (AvgIpc) is 3.68. The first-order valence-electron chi connectivity index (χ1n) is 21.6. The van der Waals surface area contributed by atoms with E-state index in [1.54, 1.807) is 48.7 Å². The Morgan fingerprint density at radius 1 is 0.638 bits per heavy atom. The summed E-state index contributed by atoms with van der Waals surface area (Å²) in [5.74, 6) is 0. The Hall–Kier alpha value is -5.97. The number of hydrogen-bond acceptors (Lipinski definition) is 3. The van der Waals surface area contributed by atoms with Gasteiger partial charge >= 0.3 is 0 Å². The van der Waals surface area contributed by atoms with E-state index < -0.39 is 21.3 Å². The molecule has 5 heteroatoms. The van der Waals surface area contributed by atoms with Crippen LogP contribution in [-0.4, -0.2) is 18.0 Å². The Morgan fingerprint density at radius 2 is 1.36 bits per heavy atom. The molecule has 0 unspecified atom stereocenters. The smallest absolute Gasteiger partial charge is 0.128 e. The number of nitrogens with zero attached hydrogens (tertiary/aromatic N) is 2. The number of hydrogen-bond donors (Lipinski definition) is 0. The summed E-state index contributed by atoms with van der Waals surface area (Å²) in [6.07, 6.45) is 1.98. The van der Waals surface area contributed by atoms with Crippen molar-refractivity contribution in [2.75, 3.05) is 0 Å². The van der Waals surface area contributed by atoms with Crippen LogP contribution in [0.15, 0.2) is 175 Å². The van der Waals surface area contributed by atoms with Crippen LogP contribution in [0.4, 0.5) is 0 Å². The zero-order chi connectivity index (χ0) is 43.2. The third kappa shape index (κ3) is 7.82. The molecule has 0 bridgehead atoms. The molecule has 3 aromatic heterocycles. The number of aromatic nitrogens is 2. The molecule has 0 aliphatic carbocycles. The number of fused-ring (bicyclic) bond motifs is 7. The largest absolute Gasteiger partial charge is 0.500 e. The van der Waals surface area contributed by atoms with Crippen molar-refractivity contribution in [1.82, 2.24) is 9.97 Å². The minimum atomic E-state index is -2.11. The number of aryl methyl sites for hydroxylation is 1. The zero-order valence-corrected chi connectivity index (χ0v) is 35.7. The van der Waals surface area contributed by atoms with E-state index in [9.17, 15) is 0 Å². The third-order valence-electron chi connectivity index (χ3n) is 10.3. The molecule has 10 aromatic rings. The summed E-state index contributed by atoms with van der Waals surface area (Å²) in [6, 6.07) is 57.3. The molecule has 3 heterocycles. The Kier molecular flexibility index (Phi) is 9.39. The minimum absolute atomic E-state index is 0. The second-order valence-corrected chi connectivity index (χ2v) is 20.2. The second-order valence-electron chi connectivity index (χ2n) is 15.2. The molecule has 1 radical (unpaired) electrons. The van der Waals surface area contributed by atoms with Crippen LogP contribution in [0.1, 0.15) is 23.5 Å². The molecule has 0 atom stereocenters. The molecule has 0 aliphatic rings. The van der Waals surface area contributed by atoms with Crippen LogP contribution in [0.2, 0.25) is 19.6 Å². The number of furan rings is 1. The molecule has 0 amide bonds. The van der Waals surface area contributed by atoms with Crippen LogP contribution < -0.4 is 5.19 Å². The van der Waals surface area contributed by atoms with E-state index in [1.165, 1.54) is 27.1 Å². The van der Waals surface area contributed by atoms with Gasteiger partial charge in [0, 0.05) is 50.1 Å². The number of benzene rings is 7. The van der Waals surface area contributed by atoms with Gasteiger partial charge in [0.2, 0.25) is 0 Å². The zero-order valence-electron chi connectivity index (χ0n) is 37.3. The van der Waals surface area contributed by atoms with E-state index in [4.69, 9.17) is 11.3 Å². The van der Waals surface area contributed by atoms with Crippen molar-refractivity contribution in [2.24, 2.45) is 0 Å². The van der Waals surface area contributed by atoms with Crippen LogP contribution in [0.5, 0.6) is 0 Å². The van der Waals surface area contributed by atoms with E-state index in [0.29, 0.717) is 28.0 Å². The fourth-order valence-corrected chi connectivity index (χ4v) is 8.93. The van der Waals surface area contributed by atoms with Gasteiger partial charge in [-0.05, 0) is 67.4 Å². The number of rotatable bonds is 6. The van der Waals surface area contributed by atoms with Crippen LogP contribution in [0, 0.1) is 19.0 Å². The molecule has 0 saturated carbocycles. The molecule has 0 fully saturated rings. The predicted octanol–water partition coefficient (Wildman–Crippen LogP) is 13.4. The summed E-state index contributed by atoms with van der Waals surface area (Å²) in [4.78, 5) is 9.24. The normalized spacial score (nSPS) is 13.1. The summed E-state index contributed by atoms with van der Waals surface area (Å²) >= 11 is 0. The maximum atomic E-state index is 8.78. The van der Waals surface area contributed by atoms with Crippen LogP contribution in [0.3, 0.4) is 0 Å². The van der Waals surface area contributed by atoms with Crippen LogP contribution in [0.25, 0.3) is 77.1 Å². The van der Waals surface area contributed by atoms with Gasteiger partial charge in [-0.15, -0.1) is 53.6 Å². The fraction of sp³-hybridized carbons (Fsp3) is 0.0943. The van der Waals surface area contributed by atoms with E-state index in [2.05, 4.69) is 108 Å². The molecule has 0 N–H and O–H groups in total. The second kappa shape index (κ2) is 16.5. The van der Waals surface area contributed by atoms with Crippen LogP contribution in [-0.2, 0) is 26.5 Å². The van der Waals surface area contributed by atoms with Crippen molar-refractivity contribution >= 4 is 56.7 Å². The molecule has 7 aromatic carbocycles. The maximum absolute atomic E-state index is 8.78. The molecule has 0 spiro atoms. The minimum Gasteiger partial charge on any atom is -0.500 e. The van der Waals surface area contributed by atoms with E-state index in [-0.39, 0.29) is 20.1 Å². The van der Waals surface area contributed by atoms with Gasteiger partial charge in [-0.25, -0.2) is 0 Å². The first-order chi connectivity index (χ1) is 29.8. The first-order valence-corrected chi connectivity index (χ1v) is 22.6. The van der Waals surface area contributed by atoms with Crippen molar-refractivity contribution in [2.45, 2.75) is 32.9 Å². The molecular weight excluding hydrogens is 901 g/mol. The van der Waals surface area contributed by atoms with E-state index >= 15 is 0 Å². The SMILES string of the molecule is [2H]C([2H])([2H])c1c[c-]c(-c2cc(-c3ccccc3)c([Si](C)(C)C)cn2)cc1.[2H]C([2H])(c1ccccc1)c1ccnc(-c2[c-]ccc3c2oc2c3ccc3c4ccccc4ccc32)c1.[Ir]. The van der Waals surface area contributed by atoms with Gasteiger partial charge in [-0.3, -0.25) is 0 Å². The van der Waals surface area contributed by atoms with Gasteiger partial charge < -0.3 is 14.4 Å². The molecule has 58 heavy (non-hydrogen) atoms. The summed E-state index contributed by atoms with van der Waals surface area (Å²) in [5, 5.41) is 7.96. The summed E-state index contributed by atoms with van der Waals surface area (Å²) in [7, 11) is -1.57. The average molecular weight is 948 g/mol. The van der Waals surface area contributed by atoms with Gasteiger partial charge in [0.1, 0.15) is 5.58 Å². The quantitative estimate of drug-likeness (QED) is 0.0947. The van der Waals surface area contributed by atoms with Crippen molar-refractivity contribution in [3.63, 3.8) is 0 Å². The number of pyridine rings is 2. The van der Waals surface area contributed by atoms with Gasteiger partial charge in [0.05, 0.1) is 13.7 Å². The molecule has 0 saturated heterocycles. The van der Waals surface area contributed by atoms with E-state index in [0.717, 1.165) is 43.9 Å². The Bertz CT molecular complexity index is 3240. The van der Waals surface area contributed by atoms with Crippen molar-refractivity contribution in [3.8, 4) is 33.6 Å². The van der Waals surface area contributed by atoms with Crippen molar-refractivity contribution < 1.29 is 31.4 Å². The summed E-state index contributed by atoms with van der Waals surface area (Å²) in [6.45, 7) is 4.83. The third-order valence-corrected chi connectivity index (χ3v) is 12.3. The van der Waals surface area contributed by atoms with Gasteiger partial charge in [-0.1, -0.05) is 159 Å². The topological polar surface area (TPSA) is 38.9 Å². The van der Waals surface area contributed by atoms with Gasteiger partial charge in [0.25, 0.3) is 0 Å². The molecule has 285 valence electrons. The predicted molar refractivity (Wildman–Crippen MR) is 242 cm³/mol. The molecule has 10 rings (SSSR count).